The van der Waals surface area contributed by atoms with E-state index in [2.05, 4.69) is 26.1 Å². The summed E-state index contributed by atoms with van der Waals surface area (Å²) in [6.45, 7) is -0.217. The van der Waals surface area contributed by atoms with E-state index in [1.807, 2.05) is 16.8 Å². The number of benzene rings is 1. The molecule has 0 spiro atoms. The molecule has 22 heavy (non-hydrogen) atoms. The summed E-state index contributed by atoms with van der Waals surface area (Å²) in [5.74, 6) is -0.890. The van der Waals surface area contributed by atoms with E-state index < -0.39 is 11.8 Å². The molecular formula is C14H8BrFN2O3S. The Morgan fingerprint density at radius 2 is 2.27 bits per heavy atom. The molecule has 0 fully saturated rings. The molecule has 112 valence electrons. The minimum atomic E-state index is -0.791. The van der Waals surface area contributed by atoms with E-state index in [0.717, 1.165) is 5.56 Å². The average Bonchev–Trinajstić information content (AvgIpc) is 3.16. The highest BCUT2D eigenvalue weighted by molar-refractivity contribution is 9.10. The smallest absolute Gasteiger partial charge is 0.341 e. The summed E-state index contributed by atoms with van der Waals surface area (Å²) in [6, 6.07) is 5.94. The highest BCUT2D eigenvalue weighted by atomic mass is 79.9. The predicted molar refractivity (Wildman–Crippen MR) is 80.8 cm³/mol. The van der Waals surface area contributed by atoms with Gasteiger partial charge in [-0.25, -0.2) is 9.18 Å². The summed E-state index contributed by atoms with van der Waals surface area (Å²) >= 11 is 4.63. The van der Waals surface area contributed by atoms with Crippen LogP contribution in [0.3, 0.4) is 0 Å². The molecule has 0 N–H and O–H groups in total. The van der Waals surface area contributed by atoms with Crippen molar-refractivity contribution >= 4 is 33.2 Å². The van der Waals surface area contributed by atoms with Crippen molar-refractivity contribution in [3.63, 3.8) is 0 Å². The number of ether oxygens (including phenoxy) is 1. The molecule has 3 aromatic rings. The largest absolute Gasteiger partial charge is 0.452 e. The summed E-state index contributed by atoms with van der Waals surface area (Å²) in [7, 11) is 0. The summed E-state index contributed by atoms with van der Waals surface area (Å²) in [5, 5.41) is 7.55. The Kier molecular flexibility index (Phi) is 4.30. The molecule has 0 aliphatic rings. The molecule has 0 aliphatic carbocycles. The van der Waals surface area contributed by atoms with E-state index in [9.17, 15) is 9.18 Å². The molecule has 2 aromatic heterocycles. The number of rotatable bonds is 4. The maximum absolute atomic E-state index is 13.6. The zero-order chi connectivity index (χ0) is 15.5. The average molecular weight is 383 g/mol. The quantitative estimate of drug-likeness (QED) is 0.636. The minimum Gasteiger partial charge on any atom is -0.452 e. The lowest BCUT2D eigenvalue weighted by atomic mass is 10.2. The van der Waals surface area contributed by atoms with Crippen LogP contribution in [0.25, 0.3) is 11.4 Å². The standard InChI is InChI=1S/C14H8BrFN2O3S/c15-9-1-2-10(11(16)5-9)14(19)20-6-12-17-13(18-21-12)8-3-4-22-7-8/h1-5,7H,6H2. The van der Waals surface area contributed by atoms with Crippen LogP contribution in [-0.2, 0) is 11.3 Å². The van der Waals surface area contributed by atoms with E-state index in [-0.39, 0.29) is 18.1 Å². The second kappa shape index (κ2) is 6.37. The van der Waals surface area contributed by atoms with Crippen LogP contribution in [0.4, 0.5) is 4.39 Å². The van der Waals surface area contributed by atoms with Crippen molar-refractivity contribution in [2.45, 2.75) is 6.61 Å². The van der Waals surface area contributed by atoms with Gasteiger partial charge < -0.3 is 9.26 Å². The Hall–Kier alpha value is -2.06. The van der Waals surface area contributed by atoms with Crippen LogP contribution in [0.15, 0.2) is 44.0 Å². The lowest BCUT2D eigenvalue weighted by molar-refractivity contribution is 0.0424. The minimum absolute atomic E-state index is 0.145. The van der Waals surface area contributed by atoms with E-state index in [4.69, 9.17) is 9.26 Å². The maximum atomic E-state index is 13.6. The van der Waals surface area contributed by atoms with E-state index in [1.165, 1.54) is 23.5 Å². The number of esters is 1. The molecule has 5 nitrogen and oxygen atoms in total. The van der Waals surface area contributed by atoms with Crippen molar-refractivity contribution in [1.29, 1.82) is 0 Å². The van der Waals surface area contributed by atoms with Gasteiger partial charge in [0.2, 0.25) is 5.82 Å². The van der Waals surface area contributed by atoms with Crippen LogP contribution in [0.5, 0.6) is 0 Å². The molecule has 1 aromatic carbocycles. The Morgan fingerprint density at radius 3 is 3.00 bits per heavy atom. The van der Waals surface area contributed by atoms with Gasteiger partial charge in [0, 0.05) is 15.4 Å². The first-order chi connectivity index (χ1) is 10.6. The molecule has 0 atom stereocenters. The first kappa shape index (κ1) is 14.9. The van der Waals surface area contributed by atoms with Crippen LogP contribution < -0.4 is 0 Å². The zero-order valence-electron chi connectivity index (χ0n) is 11.0. The number of aromatic nitrogens is 2. The van der Waals surface area contributed by atoms with Gasteiger partial charge in [0.05, 0.1) is 5.56 Å². The fraction of sp³-hybridized carbons (Fsp3) is 0.0714. The summed E-state index contributed by atoms with van der Waals surface area (Å²) < 4.78 is 24.1. The molecule has 0 radical (unpaired) electrons. The van der Waals surface area contributed by atoms with Gasteiger partial charge in [-0.05, 0) is 29.6 Å². The number of thiophene rings is 1. The lowest BCUT2D eigenvalue weighted by Gasteiger charge is -2.03. The molecule has 0 saturated carbocycles. The molecule has 0 amide bonds. The van der Waals surface area contributed by atoms with Gasteiger partial charge in [0.15, 0.2) is 6.61 Å². The monoisotopic (exact) mass is 382 g/mol. The Bertz CT molecular complexity index is 804. The van der Waals surface area contributed by atoms with Crippen molar-refractivity contribution in [3.05, 3.63) is 56.8 Å². The highest BCUT2D eigenvalue weighted by Crippen LogP contribution is 2.19. The van der Waals surface area contributed by atoms with E-state index in [1.54, 1.807) is 6.07 Å². The SMILES string of the molecule is O=C(OCc1nc(-c2ccsc2)no1)c1ccc(Br)cc1F. The van der Waals surface area contributed by atoms with Crippen molar-refractivity contribution in [2.75, 3.05) is 0 Å². The fourth-order valence-electron chi connectivity index (χ4n) is 1.68. The maximum Gasteiger partial charge on any atom is 0.341 e. The number of halogens is 2. The van der Waals surface area contributed by atoms with Crippen molar-refractivity contribution < 1.29 is 18.4 Å². The third-order valence-corrected chi connectivity index (χ3v) is 3.90. The second-order valence-corrected chi connectivity index (χ2v) is 5.92. The molecule has 3 rings (SSSR count). The summed E-state index contributed by atoms with van der Waals surface area (Å²) in [6.07, 6.45) is 0. The Labute approximate surface area is 136 Å². The number of carbonyl (C=O) groups is 1. The van der Waals surface area contributed by atoms with Gasteiger partial charge in [-0.15, -0.1) is 0 Å². The van der Waals surface area contributed by atoms with Crippen molar-refractivity contribution in [2.24, 2.45) is 0 Å². The third-order valence-electron chi connectivity index (χ3n) is 2.73. The number of hydrogen-bond acceptors (Lipinski definition) is 6. The summed E-state index contributed by atoms with van der Waals surface area (Å²) in [4.78, 5) is 15.9. The zero-order valence-corrected chi connectivity index (χ0v) is 13.4. The molecule has 0 saturated heterocycles. The second-order valence-electron chi connectivity index (χ2n) is 4.22. The van der Waals surface area contributed by atoms with Gasteiger partial charge in [0.1, 0.15) is 5.82 Å². The van der Waals surface area contributed by atoms with Crippen LogP contribution in [-0.4, -0.2) is 16.1 Å². The van der Waals surface area contributed by atoms with Crippen molar-refractivity contribution in [1.82, 2.24) is 10.1 Å². The number of hydrogen-bond donors (Lipinski definition) is 0. The van der Waals surface area contributed by atoms with Gasteiger partial charge >= 0.3 is 5.97 Å². The van der Waals surface area contributed by atoms with Gasteiger partial charge in [-0.1, -0.05) is 21.1 Å². The van der Waals surface area contributed by atoms with Crippen LogP contribution in [0.2, 0.25) is 0 Å². The Morgan fingerprint density at radius 1 is 1.41 bits per heavy atom. The van der Waals surface area contributed by atoms with Crippen LogP contribution in [0, 0.1) is 5.82 Å². The molecule has 8 heteroatoms. The normalized spacial score (nSPS) is 10.6. The number of carbonyl (C=O) groups excluding carboxylic acids is 1. The van der Waals surface area contributed by atoms with Crippen molar-refractivity contribution in [3.8, 4) is 11.4 Å². The summed E-state index contributed by atoms with van der Waals surface area (Å²) in [5.41, 5.74) is 0.672. The van der Waals surface area contributed by atoms with Crippen LogP contribution >= 0.6 is 27.3 Å². The topological polar surface area (TPSA) is 65.2 Å². The van der Waals surface area contributed by atoms with Crippen LogP contribution in [0.1, 0.15) is 16.2 Å². The lowest BCUT2D eigenvalue weighted by Crippen LogP contribution is -2.07. The van der Waals surface area contributed by atoms with Gasteiger partial charge in [-0.3, -0.25) is 0 Å². The fourth-order valence-corrected chi connectivity index (χ4v) is 2.65. The van der Waals surface area contributed by atoms with E-state index >= 15 is 0 Å². The molecule has 0 bridgehead atoms. The molecular weight excluding hydrogens is 375 g/mol. The van der Waals surface area contributed by atoms with E-state index in [0.29, 0.717) is 10.3 Å². The Balaban J connectivity index is 1.66. The third kappa shape index (κ3) is 3.23. The van der Waals surface area contributed by atoms with Gasteiger partial charge in [0.25, 0.3) is 5.89 Å². The molecule has 2 heterocycles. The highest BCUT2D eigenvalue weighted by Gasteiger charge is 2.16. The first-order valence-electron chi connectivity index (χ1n) is 6.11. The first-order valence-corrected chi connectivity index (χ1v) is 7.84. The molecule has 0 unspecified atom stereocenters. The molecule has 0 aliphatic heterocycles. The predicted octanol–water partition coefficient (Wildman–Crippen LogP) is 4.06. The number of nitrogens with zero attached hydrogens (tertiary/aromatic N) is 2. The van der Waals surface area contributed by atoms with Gasteiger partial charge in [-0.2, -0.15) is 16.3 Å².